The molecular formula is C51H30N4OS. The van der Waals surface area contributed by atoms with Crippen LogP contribution in [0.25, 0.3) is 115 Å². The molecule has 5 nitrogen and oxygen atoms in total. The lowest BCUT2D eigenvalue weighted by atomic mass is 9.99. The molecule has 0 spiro atoms. The van der Waals surface area contributed by atoms with Gasteiger partial charge in [-0.1, -0.05) is 151 Å². The highest BCUT2D eigenvalue weighted by atomic mass is 32.1. The molecule has 0 saturated carbocycles. The van der Waals surface area contributed by atoms with Gasteiger partial charge in [0.1, 0.15) is 11.2 Å². The highest BCUT2D eigenvalue weighted by molar-refractivity contribution is 7.26. The van der Waals surface area contributed by atoms with Crippen LogP contribution in [0, 0.1) is 0 Å². The van der Waals surface area contributed by atoms with Crippen LogP contribution in [0.5, 0.6) is 0 Å². The number of rotatable bonds is 5. The highest BCUT2D eigenvalue weighted by Gasteiger charge is 2.22. The zero-order valence-electron chi connectivity index (χ0n) is 53.5. The van der Waals surface area contributed by atoms with E-state index in [4.69, 9.17) is 23.6 Å². The Kier molecular flexibility index (Phi) is 3.52. The van der Waals surface area contributed by atoms with E-state index in [1.54, 1.807) is 30.3 Å². The summed E-state index contributed by atoms with van der Waals surface area (Å²) in [6.45, 7) is 0. The molecule has 0 saturated heterocycles. The van der Waals surface area contributed by atoms with Crippen molar-refractivity contribution >= 4 is 75.3 Å². The molecule has 12 aromatic rings. The van der Waals surface area contributed by atoms with Crippen LogP contribution >= 0.6 is 11.3 Å². The van der Waals surface area contributed by atoms with Gasteiger partial charge in [0.15, 0.2) is 11.6 Å². The first-order valence-corrected chi connectivity index (χ1v) is 17.8. The third-order valence-electron chi connectivity index (χ3n) is 9.24. The molecule has 0 fully saturated rings. The molecule has 8 aromatic carbocycles. The Bertz CT molecular complexity index is 4940. The summed E-state index contributed by atoms with van der Waals surface area (Å²) in [5.74, 6) is -2.23. The number of hydrogen-bond donors (Lipinski definition) is 0. The molecule has 0 aliphatic rings. The van der Waals surface area contributed by atoms with Crippen LogP contribution < -0.4 is 0 Å². The number of benzene rings is 8. The van der Waals surface area contributed by atoms with Crippen molar-refractivity contribution in [3.63, 3.8) is 0 Å². The van der Waals surface area contributed by atoms with Crippen molar-refractivity contribution in [2.45, 2.75) is 0 Å². The van der Waals surface area contributed by atoms with E-state index in [0.717, 1.165) is 15.9 Å². The van der Waals surface area contributed by atoms with Crippen molar-refractivity contribution in [2.75, 3.05) is 0 Å². The maximum absolute atomic E-state index is 9.79. The van der Waals surface area contributed by atoms with E-state index in [9.17, 15) is 15.1 Å². The lowest BCUT2D eigenvalue weighted by molar-refractivity contribution is 0.669. The predicted octanol–water partition coefficient (Wildman–Crippen LogP) is 13.9. The average Bonchev–Trinajstić information content (AvgIpc) is 1.75. The third kappa shape index (κ3) is 5.04. The Balaban J connectivity index is 1.28. The van der Waals surface area contributed by atoms with Crippen molar-refractivity contribution in [1.29, 1.82) is 0 Å². The average molecular weight is 772 g/mol. The number of fused-ring (bicyclic) bond motifs is 10. The Morgan fingerprint density at radius 2 is 1.19 bits per heavy atom. The minimum Gasteiger partial charge on any atom is -0.456 e. The normalized spacial score (nSPS) is 18.0. The van der Waals surface area contributed by atoms with Gasteiger partial charge < -0.3 is 4.42 Å². The fourth-order valence-electron chi connectivity index (χ4n) is 6.75. The monoisotopic (exact) mass is 771 g/mol. The molecule has 0 amide bonds. The molecule has 12 rings (SSSR count). The second-order valence-electron chi connectivity index (χ2n) is 12.5. The Hall–Kier alpha value is -7.41. The van der Waals surface area contributed by atoms with Crippen LogP contribution in [0.1, 0.15) is 34.3 Å². The zero-order chi connectivity index (χ0) is 59.2. The third-order valence-corrected chi connectivity index (χ3v) is 10.4. The van der Waals surface area contributed by atoms with Crippen molar-refractivity contribution in [1.82, 2.24) is 19.5 Å². The van der Waals surface area contributed by atoms with Gasteiger partial charge >= 0.3 is 0 Å². The zero-order valence-corrected chi connectivity index (χ0v) is 29.3. The van der Waals surface area contributed by atoms with Crippen LogP contribution in [-0.4, -0.2) is 19.5 Å². The number of furan rings is 1. The first kappa shape index (κ1) is 16.0. The van der Waals surface area contributed by atoms with Gasteiger partial charge in [-0.15, -0.1) is 11.3 Å². The summed E-state index contributed by atoms with van der Waals surface area (Å²) in [6, 6.07) is -10.6. The van der Waals surface area contributed by atoms with Crippen LogP contribution in [0.4, 0.5) is 0 Å². The predicted molar refractivity (Wildman–Crippen MR) is 236 cm³/mol. The minimum atomic E-state index is -0.922. The SMILES string of the molecule is [2H]c1c([2H])c([2H])c(-c2c([2H])c([2H])c([2H])c3oc4c([2H])c(-c5nc(-c6c([2H])c([2H])c(-c7ccccc7)c([2H])c6[2H])nc(-n6c7c([2H])c([2H])c([2H])c([2H])c7c7c([2H])c([2H])c8c(sc9c([2H])c([2H])c([2H])c([2H])c98)c76)n5)c([2H])c([2H])c4c23)c([2H])c1[2H]. The topological polar surface area (TPSA) is 56.7 Å². The number of hydrogen-bond acceptors (Lipinski definition) is 5. The summed E-state index contributed by atoms with van der Waals surface area (Å²) in [7, 11) is 0. The second-order valence-corrected chi connectivity index (χ2v) is 13.5. The molecule has 0 unspecified atom stereocenters. The van der Waals surface area contributed by atoms with Gasteiger partial charge in [-0.3, -0.25) is 4.57 Å². The quantitative estimate of drug-likeness (QED) is 0.175. The van der Waals surface area contributed by atoms with Crippen LogP contribution in [0.15, 0.2) is 186 Å². The van der Waals surface area contributed by atoms with Crippen LogP contribution in [-0.2, 0) is 0 Å². The largest absolute Gasteiger partial charge is 0.456 e. The van der Waals surface area contributed by atoms with Gasteiger partial charge in [-0.25, -0.2) is 4.98 Å². The fraction of sp³-hybridized carbons (Fsp3) is 0. The number of aromatic nitrogens is 4. The Morgan fingerprint density at radius 1 is 0.491 bits per heavy atom. The maximum atomic E-state index is 9.79. The molecule has 0 N–H and O–H groups in total. The fourth-order valence-corrected chi connectivity index (χ4v) is 7.85. The van der Waals surface area contributed by atoms with Crippen LogP contribution in [0.3, 0.4) is 0 Å². The van der Waals surface area contributed by atoms with Crippen molar-refractivity contribution < 1.29 is 38.7 Å². The Morgan fingerprint density at radius 3 is 2.05 bits per heavy atom. The first-order chi connectivity index (χ1) is 38.7. The van der Waals surface area contributed by atoms with E-state index < -0.39 is 218 Å². The first-order valence-electron chi connectivity index (χ1n) is 29.5. The molecule has 0 aliphatic heterocycles. The smallest absolute Gasteiger partial charge is 0.238 e. The molecule has 0 aliphatic carbocycles. The number of para-hydroxylation sites is 1. The molecule has 4 heterocycles. The molecule has 4 aromatic heterocycles. The summed E-state index contributed by atoms with van der Waals surface area (Å²) in [4.78, 5) is 13.9. The van der Waals surface area contributed by atoms with Crippen molar-refractivity contribution in [3.8, 4) is 51.0 Å². The lowest BCUT2D eigenvalue weighted by Gasteiger charge is -2.12. The van der Waals surface area contributed by atoms with Gasteiger partial charge in [0.25, 0.3) is 0 Å². The van der Waals surface area contributed by atoms with E-state index in [1.807, 2.05) is 0 Å². The summed E-state index contributed by atoms with van der Waals surface area (Å²) in [5, 5.41) is -2.00. The molecule has 57 heavy (non-hydrogen) atoms. The van der Waals surface area contributed by atoms with E-state index >= 15 is 0 Å². The second kappa shape index (κ2) is 12.6. The number of thiophene rings is 1. The van der Waals surface area contributed by atoms with Gasteiger partial charge in [-0.2, -0.15) is 9.97 Å². The molecule has 0 bridgehead atoms. The Labute approximate surface area is 365 Å². The molecule has 0 atom stereocenters. The molecule has 6 heteroatoms. The molecule has 266 valence electrons. The van der Waals surface area contributed by atoms with Gasteiger partial charge in [0, 0.05) is 48.1 Å². The van der Waals surface area contributed by atoms with Crippen molar-refractivity contribution in [3.05, 3.63) is 181 Å². The van der Waals surface area contributed by atoms with E-state index in [1.165, 1.54) is 0 Å². The summed E-state index contributed by atoms with van der Waals surface area (Å²) >= 11 is 0.723. The summed E-state index contributed by atoms with van der Waals surface area (Å²) < 4.78 is 233. The van der Waals surface area contributed by atoms with Crippen LogP contribution in [0.2, 0.25) is 0 Å². The summed E-state index contributed by atoms with van der Waals surface area (Å²) in [6.07, 6.45) is 0. The van der Waals surface area contributed by atoms with Crippen molar-refractivity contribution in [2.24, 2.45) is 0 Å². The lowest BCUT2D eigenvalue weighted by Crippen LogP contribution is -2.06. The molecule has 0 radical (unpaired) electrons. The minimum absolute atomic E-state index is 0.0748. The standard InChI is InChI=1S/C51H30N4OS/c1-3-12-31(13-4-1)32-22-24-34(25-23-32)49-52-50(35-26-27-41-44(30-35)56-43-20-11-18-36(46(41)43)33-14-5-2-6-15-33)54-51(53-49)55-42-19-9-7-16-37(42)39-28-29-40-38-17-8-10-21-45(38)57-48(40)47(39)55/h1-30H/i2D,5D,6D,7D,8D,9D,10D,11D,14D,15D,16D,17D,18D,19D,20D,21D,22D,23D,24D,25D,26D,27D,28D,29D,30D. The van der Waals surface area contributed by atoms with Gasteiger partial charge in [0.05, 0.1) is 50.0 Å². The van der Waals surface area contributed by atoms with Gasteiger partial charge in [-0.05, 0) is 52.5 Å². The molecular weight excluding hydrogens is 717 g/mol. The van der Waals surface area contributed by atoms with E-state index in [2.05, 4.69) is 15.0 Å². The maximum Gasteiger partial charge on any atom is 0.238 e. The van der Waals surface area contributed by atoms with E-state index in [0.29, 0.717) is 0 Å². The van der Waals surface area contributed by atoms with E-state index in [-0.39, 0.29) is 47.6 Å². The number of nitrogens with zero attached hydrogens (tertiary/aromatic N) is 4. The van der Waals surface area contributed by atoms with Gasteiger partial charge in [0.2, 0.25) is 5.95 Å². The summed E-state index contributed by atoms with van der Waals surface area (Å²) in [5.41, 5.74) is -4.31. The highest BCUT2D eigenvalue weighted by Crippen LogP contribution is 2.43.